The maximum Gasteiger partial charge on any atom is 0.227 e. The van der Waals surface area contributed by atoms with E-state index in [0.29, 0.717) is 32.7 Å². The van der Waals surface area contributed by atoms with Gasteiger partial charge in [-0.05, 0) is 49.2 Å². The quantitative estimate of drug-likeness (QED) is 0.569. The maximum atomic E-state index is 13.0. The Bertz CT molecular complexity index is 1150. The van der Waals surface area contributed by atoms with Crippen molar-refractivity contribution < 1.29 is 14.3 Å². The highest BCUT2D eigenvalue weighted by molar-refractivity contribution is 5.91. The highest BCUT2D eigenvalue weighted by Gasteiger charge is 2.21. The van der Waals surface area contributed by atoms with Crippen molar-refractivity contribution in [3.8, 4) is 5.75 Å². The first-order valence-electron chi connectivity index (χ1n) is 11.3. The van der Waals surface area contributed by atoms with Gasteiger partial charge >= 0.3 is 0 Å². The van der Waals surface area contributed by atoms with Gasteiger partial charge in [-0.1, -0.05) is 53.6 Å². The molecular weight excluding hydrogens is 412 g/mol. The summed E-state index contributed by atoms with van der Waals surface area (Å²) in [5, 5.41) is 0. The molecule has 33 heavy (non-hydrogen) atoms. The van der Waals surface area contributed by atoms with E-state index < -0.39 is 0 Å². The molecule has 170 valence electrons. The summed E-state index contributed by atoms with van der Waals surface area (Å²) in [5.41, 5.74) is 6.16. The van der Waals surface area contributed by atoms with Gasteiger partial charge in [-0.25, -0.2) is 0 Å². The third-order valence-corrected chi connectivity index (χ3v) is 5.96. The highest BCUT2D eigenvalue weighted by atomic mass is 16.5. The number of aryl methyl sites for hydroxylation is 2. The highest BCUT2D eigenvalue weighted by Crippen LogP contribution is 2.27. The molecule has 5 nitrogen and oxygen atoms in total. The topological polar surface area (TPSA) is 49.9 Å². The number of hydrogen-bond acceptors (Lipinski definition) is 3. The van der Waals surface area contributed by atoms with Crippen LogP contribution in [-0.2, 0) is 29.1 Å². The average Bonchev–Trinajstić information content (AvgIpc) is 3.00. The predicted octanol–water partition coefficient (Wildman–Crippen LogP) is 4.82. The predicted molar refractivity (Wildman–Crippen MR) is 130 cm³/mol. The van der Waals surface area contributed by atoms with Crippen molar-refractivity contribution in [1.82, 2.24) is 4.90 Å². The minimum atomic E-state index is -0.0139. The van der Waals surface area contributed by atoms with Crippen LogP contribution in [0.5, 0.6) is 5.75 Å². The second-order valence-corrected chi connectivity index (χ2v) is 8.71. The fourth-order valence-corrected chi connectivity index (χ4v) is 4.16. The number of benzene rings is 3. The van der Waals surface area contributed by atoms with Gasteiger partial charge in [0.05, 0.1) is 19.5 Å². The molecule has 3 aromatic carbocycles. The minimum absolute atomic E-state index is 0.0139. The second-order valence-electron chi connectivity index (χ2n) is 8.71. The number of anilines is 1. The van der Waals surface area contributed by atoms with Crippen molar-refractivity contribution in [2.45, 2.75) is 40.3 Å². The summed E-state index contributed by atoms with van der Waals surface area (Å²) >= 11 is 0. The van der Waals surface area contributed by atoms with Crippen LogP contribution in [0.4, 0.5) is 5.69 Å². The molecule has 0 atom stereocenters. The Hall–Kier alpha value is -3.60. The lowest BCUT2D eigenvalue weighted by molar-refractivity contribution is -0.131. The van der Waals surface area contributed by atoms with Crippen molar-refractivity contribution in [3.05, 3.63) is 94.5 Å². The Morgan fingerprint density at radius 3 is 2.45 bits per heavy atom. The van der Waals surface area contributed by atoms with E-state index >= 15 is 0 Å². The smallest absolute Gasteiger partial charge is 0.227 e. The van der Waals surface area contributed by atoms with Crippen LogP contribution in [0.1, 0.15) is 34.7 Å². The number of ether oxygens (including phenoxy) is 1. The molecule has 2 amide bonds. The average molecular weight is 443 g/mol. The fourth-order valence-electron chi connectivity index (χ4n) is 4.16. The summed E-state index contributed by atoms with van der Waals surface area (Å²) in [6, 6.07) is 22.0. The van der Waals surface area contributed by atoms with Gasteiger partial charge in [0.2, 0.25) is 11.8 Å². The Morgan fingerprint density at radius 1 is 0.939 bits per heavy atom. The first-order valence-corrected chi connectivity index (χ1v) is 11.3. The van der Waals surface area contributed by atoms with Gasteiger partial charge in [0.15, 0.2) is 0 Å². The van der Waals surface area contributed by atoms with Gasteiger partial charge in [-0.3, -0.25) is 9.59 Å². The molecule has 1 aliphatic rings. The summed E-state index contributed by atoms with van der Waals surface area (Å²) in [6.45, 7) is 7.62. The Kier molecular flexibility index (Phi) is 6.78. The molecule has 0 saturated carbocycles. The molecule has 5 heteroatoms. The van der Waals surface area contributed by atoms with E-state index in [-0.39, 0.29) is 11.8 Å². The standard InChI is InChI=1S/C28H30N2O3/c1-20-7-10-26(11-8-20)30(22(3)31)18-24-9-12-27-25(16-24)19-29(13-14-33-27)28(32)17-23-6-4-5-21(2)15-23/h4-12,15-16H,13-14,17-19H2,1-3H3. The number of nitrogens with zero attached hydrogens (tertiary/aromatic N) is 2. The molecule has 0 spiro atoms. The molecule has 1 heterocycles. The summed E-state index contributed by atoms with van der Waals surface area (Å²) in [4.78, 5) is 29.0. The van der Waals surface area contributed by atoms with Crippen molar-refractivity contribution >= 4 is 17.5 Å². The largest absolute Gasteiger partial charge is 0.491 e. The summed E-state index contributed by atoms with van der Waals surface area (Å²) in [7, 11) is 0. The van der Waals surface area contributed by atoms with Gasteiger partial charge in [-0.15, -0.1) is 0 Å². The fraction of sp³-hybridized carbons (Fsp3) is 0.286. The first kappa shape index (κ1) is 22.6. The van der Waals surface area contributed by atoms with Crippen molar-refractivity contribution in [1.29, 1.82) is 0 Å². The first-order chi connectivity index (χ1) is 15.9. The monoisotopic (exact) mass is 442 g/mol. The van der Waals surface area contributed by atoms with E-state index in [1.165, 1.54) is 0 Å². The number of carbonyl (C=O) groups excluding carboxylic acids is 2. The molecular formula is C28H30N2O3. The zero-order valence-corrected chi connectivity index (χ0v) is 19.5. The lowest BCUT2D eigenvalue weighted by Crippen LogP contribution is -2.33. The van der Waals surface area contributed by atoms with Crippen LogP contribution in [0.3, 0.4) is 0 Å². The lowest BCUT2D eigenvalue weighted by Gasteiger charge is -2.23. The van der Waals surface area contributed by atoms with Gasteiger partial charge in [0.25, 0.3) is 0 Å². The van der Waals surface area contributed by atoms with Gasteiger partial charge in [0, 0.05) is 24.7 Å². The number of rotatable bonds is 5. The van der Waals surface area contributed by atoms with Crippen LogP contribution in [0, 0.1) is 13.8 Å². The van der Waals surface area contributed by atoms with Crippen LogP contribution >= 0.6 is 0 Å². The van der Waals surface area contributed by atoms with Crippen LogP contribution in [0.15, 0.2) is 66.7 Å². The molecule has 0 aromatic heterocycles. The van der Waals surface area contributed by atoms with Crippen molar-refractivity contribution in [2.24, 2.45) is 0 Å². The van der Waals surface area contributed by atoms with Gasteiger partial charge in [0.1, 0.15) is 12.4 Å². The molecule has 4 rings (SSSR count). The van der Waals surface area contributed by atoms with Gasteiger partial charge in [-0.2, -0.15) is 0 Å². The molecule has 0 aliphatic carbocycles. The molecule has 0 fully saturated rings. The molecule has 3 aromatic rings. The number of hydrogen-bond donors (Lipinski definition) is 0. The van der Waals surface area contributed by atoms with E-state index in [0.717, 1.165) is 39.3 Å². The van der Waals surface area contributed by atoms with Crippen molar-refractivity contribution in [2.75, 3.05) is 18.1 Å². The number of fused-ring (bicyclic) bond motifs is 1. The van der Waals surface area contributed by atoms with Crippen LogP contribution in [0.2, 0.25) is 0 Å². The number of amides is 2. The zero-order chi connectivity index (χ0) is 23.4. The van der Waals surface area contributed by atoms with Crippen LogP contribution < -0.4 is 9.64 Å². The molecule has 0 radical (unpaired) electrons. The molecule has 0 N–H and O–H groups in total. The van der Waals surface area contributed by atoms with E-state index in [1.807, 2.05) is 73.3 Å². The summed E-state index contributed by atoms with van der Waals surface area (Å²) in [6.07, 6.45) is 0.377. The minimum Gasteiger partial charge on any atom is -0.491 e. The van der Waals surface area contributed by atoms with Gasteiger partial charge < -0.3 is 14.5 Å². The van der Waals surface area contributed by atoms with Crippen LogP contribution in [-0.4, -0.2) is 29.9 Å². The van der Waals surface area contributed by atoms with E-state index in [2.05, 4.69) is 12.1 Å². The SMILES string of the molecule is CC(=O)N(Cc1ccc2c(c1)CN(C(=O)Cc1cccc(C)c1)CCO2)c1ccc(C)cc1. The Labute approximate surface area is 195 Å². The normalized spacial score (nSPS) is 13.0. The Balaban J connectivity index is 1.52. The van der Waals surface area contributed by atoms with Crippen LogP contribution in [0.25, 0.3) is 0 Å². The maximum absolute atomic E-state index is 13.0. The third kappa shape index (κ3) is 5.61. The summed E-state index contributed by atoms with van der Waals surface area (Å²) < 4.78 is 5.93. The van der Waals surface area contributed by atoms with Crippen molar-refractivity contribution in [3.63, 3.8) is 0 Å². The molecule has 0 bridgehead atoms. The zero-order valence-electron chi connectivity index (χ0n) is 19.5. The summed E-state index contributed by atoms with van der Waals surface area (Å²) in [5.74, 6) is 0.877. The molecule has 0 unspecified atom stereocenters. The van der Waals surface area contributed by atoms with E-state index in [9.17, 15) is 9.59 Å². The van der Waals surface area contributed by atoms with E-state index in [4.69, 9.17) is 4.74 Å². The van der Waals surface area contributed by atoms with E-state index in [1.54, 1.807) is 11.8 Å². The number of carbonyl (C=O) groups is 2. The Morgan fingerprint density at radius 2 is 1.73 bits per heavy atom. The molecule has 0 saturated heterocycles. The lowest BCUT2D eigenvalue weighted by atomic mass is 10.1. The second kappa shape index (κ2) is 9.90. The molecule has 1 aliphatic heterocycles. The third-order valence-electron chi connectivity index (χ3n) is 5.96.